The van der Waals surface area contributed by atoms with Crippen LogP contribution in [0.1, 0.15) is 36.8 Å². The third kappa shape index (κ3) is 3.59. The van der Waals surface area contributed by atoms with Gasteiger partial charge in [0.15, 0.2) is 0 Å². The lowest BCUT2D eigenvalue weighted by Gasteiger charge is -2.12. The van der Waals surface area contributed by atoms with Gasteiger partial charge in [-0.2, -0.15) is 0 Å². The average molecular weight is 241 g/mol. The predicted octanol–water partition coefficient (Wildman–Crippen LogP) is 3.91. The standard InChI is InChI=1S/C16H19NO/c1-13(15-6-3-7-16(18)12-15)4-2-5-14-8-10-17-11-9-14/h3,6-13,18H,2,4-5H2,1H3. The molecule has 0 aliphatic carbocycles. The first kappa shape index (κ1) is 12.6. The van der Waals surface area contributed by atoms with E-state index >= 15 is 0 Å². The largest absolute Gasteiger partial charge is 0.508 e. The summed E-state index contributed by atoms with van der Waals surface area (Å²) in [5, 5.41) is 9.46. The molecule has 1 atom stereocenters. The molecule has 0 amide bonds. The maximum Gasteiger partial charge on any atom is 0.115 e. The molecule has 0 saturated heterocycles. The van der Waals surface area contributed by atoms with Gasteiger partial charge >= 0.3 is 0 Å². The van der Waals surface area contributed by atoms with Crippen molar-refractivity contribution in [1.29, 1.82) is 0 Å². The number of phenols is 1. The molecule has 0 fully saturated rings. The molecule has 94 valence electrons. The number of rotatable bonds is 5. The molecule has 0 bridgehead atoms. The fourth-order valence-corrected chi connectivity index (χ4v) is 2.16. The van der Waals surface area contributed by atoms with Gasteiger partial charge in [0.05, 0.1) is 0 Å². The molecule has 0 spiro atoms. The van der Waals surface area contributed by atoms with E-state index in [-0.39, 0.29) is 0 Å². The van der Waals surface area contributed by atoms with Crippen LogP contribution in [0.5, 0.6) is 5.75 Å². The number of aryl methyl sites for hydroxylation is 1. The highest BCUT2D eigenvalue weighted by atomic mass is 16.3. The SMILES string of the molecule is CC(CCCc1ccncc1)c1cccc(O)c1. The molecule has 1 unspecified atom stereocenters. The predicted molar refractivity (Wildman–Crippen MR) is 73.7 cm³/mol. The first-order valence-corrected chi connectivity index (χ1v) is 6.43. The molecule has 2 heteroatoms. The molecule has 2 aromatic rings. The van der Waals surface area contributed by atoms with Gasteiger partial charge in [0.2, 0.25) is 0 Å². The van der Waals surface area contributed by atoms with Crippen LogP contribution in [-0.4, -0.2) is 10.1 Å². The lowest BCUT2D eigenvalue weighted by atomic mass is 9.94. The van der Waals surface area contributed by atoms with E-state index in [9.17, 15) is 5.11 Å². The summed E-state index contributed by atoms with van der Waals surface area (Å²) in [6, 6.07) is 11.7. The molecule has 0 aliphatic heterocycles. The summed E-state index contributed by atoms with van der Waals surface area (Å²) in [6.45, 7) is 2.21. The number of hydrogen-bond donors (Lipinski definition) is 1. The molecule has 0 radical (unpaired) electrons. The molecular weight excluding hydrogens is 222 g/mol. The van der Waals surface area contributed by atoms with Gasteiger partial charge in [-0.1, -0.05) is 19.1 Å². The van der Waals surface area contributed by atoms with E-state index in [1.807, 2.05) is 24.5 Å². The molecule has 18 heavy (non-hydrogen) atoms. The Morgan fingerprint density at radius 2 is 1.94 bits per heavy atom. The van der Waals surface area contributed by atoms with Crippen molar-refractivity contribution in [3.8, 4) is 5.75 Å². The summed E-state index contributed by atoms with van der Waals surface area (Å²) in [4.78, 5) is 4.02. The van der Waals surface area contributed by atoms with E-state index in [4.69, 9.17) is 0 Å². The normalized spacial score (nSPS) is 12.3. The maximum atomic E-state index is 9.46. The van der Waals surface area contributed by atoms with E-state index in [0.29, 0.717) is 11.7 Å². The zero-order valence-electron chi connectivity index (χ0n) is 10.7. The Labute approximate surface area is 108 Å². The Bertz CT molecular complexity index is 481. The molecular formula is C16H19NO. The van der Waals surface area contributed by atoms with E-state index in [1.54, 1.807) is 6.07 Å². The van der Waals surface area contributed by atoms with Gasteiger partial charge in [0, 0.05) is 12.4 Å². The van der Waals surface area contributed by atoms with Crippen LogP contribution in [0.3, 0.4) is 0 Å². The third-order valence-electron chi connectivity index (χ3n) is 3.29. The quantitative estimate of drug-likeness (QED) is 0.860. The molecule has 1 N–H and O–H groups in total. The smallest absolute Gasteiger partial charge is 0.115 e. The van der Waals surface area contributed by atoms with Crippen LogP contribution >= 0.6 is 0 Å². The Morgan fingerprint density at radius 3 is 2.67 bits per heavy atom. The van der Waals surface area contributed by atoms with Crippen LogP contribution in [0.2, 0.25) is 0 Å². The monoisotopic (exact) mass is 241 g/mol. The fraction of sp³-hybridized carbons (Fsp3) is 0.312. The molecule has 1 heterocycles. The Balaban J connectivity index is 1.83. The zero-order valence-corrected chi connectivity index (χ0v) is 10.7. The van der Waals surface area contributed by atoms with Gasteiger partial charge in [0.1, 0.15) is 5.75 Å². The van der Waals surface area contributed by atoms with E-state index in [2.05, 4.69) is 30.1 Å². The molecule has 0 aliphatic rings. The third-order valence-corrected chi connectivity index (χ3v) is 3.29. The maximum absolute atomic E-state index is 9.46. The summed E-state index contributed by atoms with van der Waals surface area (Å²) < 4.78 is 0. The minimum atomic E-state index is 0.355. The molecule has 1 aromatic carbocycles. The van der Waals surface area contributed by atoms with Crippen LogP contribution in [-0.2, 0) is 6.42 Å². The Morgan fingerprint density at radius 1 is 1.17 bits per heavy atom. The second kappa shape index (κ2) is 6.20. The number of nitrogens with zero attached hydrogens (tertiary/aromatic N) is 1. The average Bonchev–Trinajstić information content (AvgIpc) is 2.40. The van der Waals surface area contributed by atoms with Crippen LogP contribution in [0, 0.1) is 0 Å². The molecule has 0 saturated carbocycles. The number of benzene rings is 1. The highest BCUT2D eigenvalue weighted by Gasteiger charge is 2.06. The summed E-state index contributed by atoms with van der Waals surface area (Å²) >= 11 is 0. The number of hydrogen-bond acceptors (Lipinski definition) is 2. The van der Waals surface area contributed by atoms with Gasteiger partial charge in [0.25, 0.3) is 0 Å². The zero-order chi connectivity index (χ0) is 12.8. The van der Waals surface area contributed by atoms with Crippen LogP contribution in [0.25, 0.3) is 0 Å². The van der Waals surface area contributed by atoms with Gasteiger partial charge in [-0.3, -0.25) is 4.98 Å². The highest BCUT2D eigenvalue weighted by molar-refractivity contribution is 5.29. The second-order valence-corrected chi connectivity index (χ2v) is 4.74. The van der Waals surface area contributed by atoms with Crippen LogP contribution in [0.4, 0.5) is 0 Å². The van der Waals surface area contributed by atoms with Crippen molar-refractivity contribution in [2.24, 2.45) is 0 Å². The Kier molecular flexibility index (Phi) is 4.35. The Hall–Kier alpha value is -1.83. The number of aromatic nitrogens is 1. The number of pyridine rings is 1. The van der Waals surface area contributed by atoms with Crippen molar-refractivity contribution in [1.82, 2.24) is 4.98 Å². The fourth-order valence-electron chi connectivity index (χ4n) is 2.16. The van der Waals surface area contributed by atoms with Gasteiger partial charge in [-0.25, -0.2) is 0 Å². The lowest BCUT2D eigenvalue weighted by Crippen LogP contribution is -1.95. The number of phenolic OH excluding ortho intramolecular Hbond substituents is 1. The van der Waals surface area contributed by atoms with E-state index in [0.717, 1.165) is 19.3 Å². The van der Waals surface area contributed by atoms with Crippen LogP contribution < -0.4 is 0 Å². The second-order valence-electron chi connectivity index (χ2n) is 4.74. The van der Waals surface area contributed by atoms with Crippen molar-refractivity contribution in [3.05, 3.63) is 59.9 Å². The summed E-state index contributed by atoms with van der Waals surface area (Å²) in [5.74, 6) is 0.840. The summed E-state index contributed by atoms with van der Waals surface area (Å²) in [7, 11) is 0. The van der Waals surface area contributed by atoms with Crippen molar-refractivity contribution >= 4 is 0 Å². The van der Waals surface area contributed by atoms with E-state index in [1.165, 1.54) is 11.1 Å². The topological polar surface area (TPSA) is 33.1 Å². The minimum absolute atomic E-state index is 0.355. The van der Waals surface area contributed by atoms with E-state index < -0.39 is 0 Å². The van der Waals surface area contributed by atoms with Crippen molar-refractivity contribution in [2.45, 2.75) is 32.1 Å². The van der Waals surface area contributed by atoms with Gasteiger partial charge < -0.3 is 5.11 Å². The lowest BCUT2D eigenvalue weighted by molar-refractivity contribution is 0.473. The molecule has 2 nitrogen and oxygen atoms in total. The first-order valence-electron chi connectivity index (χ1n) is 6.43. The minimum Gasteiger partial charge on any atom is -0.508 e. The number of aromatic hydroxyl groups is 1. The van der Waals surface area contributed by atoms with Crippen molar-refractivity contribution in [2.75, 3.05) is 0 Å². The van der Waals surface area contributed by atoms with Crippen molar-refractivity contribution in [3.63, 3.8) is 0 Å². The summed E-state index contributed by atoms with van der Waals surface area (Å²) in [6.07, 6.45) is 7.06. The molecule has 2 rings (SSSR count). The first-order chi connectivity index (χ1) is 8.75. The van der Waals surface area contributed by atoms with Gasteiger partial charge in [-0.15, -0.1) is 0 Å². The summed E-state index contributed by atoms with van der Waals surface area (Å²) in [5.41, 5.74) is 2.55. The van der Waals surface area contributed by atoms with Crippen molar-refractivity contribution < 1.29 is 5.11 Å². The van der Waals surface area contributed by atoms with Gasteiger partial charge in [-0.05, 0) is 60.6 Å². The van der Waals surface area contributed by atoms with Crippen LogP contribution in [0.15, 0.2) is 48.8 Å². The highest BCUT2D eigenvalue weighted by Crippen LogP contribution is 2.24. The molecule has 1 aromatic heterocycles.